The first-order chi connectivity index (χ1) is 16.8. The van der Waals surface area contributed by atoms with Gasteiger partial charge in [-0.2, -0.15) is 0 Å². The Bertz CT molecular complexity index is 913. The Hall–Kier alpha value is -3.18. The lowest BCUT2D eigenvalue weighted by atomic mass is 9.96. The molecule has 0 aromatic heterocycles. The van der Waals surface area contributed by atoms with Gasteiger partial charge in [0.15, 0.2) is 0 Å². The molecule has 1 aromatic carbocycles. The van der Waals surface area contributed by atoms with Gasteiger partial charge in [0.2, 0.25) is 11.8 Å². The average Bonchev–Trinajstić information content (AvgIpc) is 2.77. The molecular formula is C25H39N3O8. The summed E-state index contributed by atoms with van der Waals surface area (Å²) in [5.74, 6) is -1.86. The molecule has 3 amide bonds. The van der Waals surface area contributed by atoms with Crippen molar-refractivity contribution in [1.29, 1.82) is 0 Å². The van der Waals surface area contributed by atoms with Crippen LogP contribution in [0.5, 0.6) is 0 Å². The van der Waals surface area contributed by atoms with E-state index in [2.05, 4.69) is 10.6 Å². The maximum Gasteiger partial charge on any atom is 0.408 e. The zero-order chi connectivity index (χ0) is 27.5. The summed E-state index contributed by atoms with van der Waals surface area (Å²) in [5.41, 5.74) is 1.32. The van der Waals surface area contributed by atoms with Crippen LogP contribution in [0.25, 0.3) is 0 Å². The van der Waals surface area contributed by atoms with Gasteiger partial charge in [-0.1, -0.05) is 23.8 Å². The summed E-state index contributed by atoms with van der Waals surface area (Å²) in [7, 11) is 0. The fraction of sp³-hybridized carbons (Fsp3) is 0.600. The van der Waals surface area contributed by atoms with Crippen LogP contribution < -0.4 is 10.6 Å². The zero-order valence-electron chi connectivity index (χ0n) is 21.9. The van der Waals surface area contributed by atoms with E-state index >= 15 is 0 Å². The Morgan fingerprint density at radius 3 is 2.31 bits per heavy atom. The van der Waals surface area contributed by atoms with Crippen LogP contribution >= 0.6 is 0 Å². The van der Waals surface area contributed by atoms with E-state index in [9.17, 15) is 29.4 Å². The Balaban J connectivity index is 3.31. The van der Waals surface area contributed by atoms with Crippen molar-refractivity contribution in [2.75, 3.05) is 32.9 Å². The highest BCUT2D eigenvalue weighted by Gasteiger charge is 2.36. The van der Waals surface area contributed by atoms with E-state index in [0.29, 0.717) is 5.56 Å². The van der Waals surface area contributed by atoms with Crippen LogP contribution in [-0.2, 0) is 23.9 Å². The Morgan fingerprint density at radius 1 is 1.11 bits per heavy atom. The number of ether oxygens (including phenoxy) is 2. The van der Waals surface area contributed by atoms with Crippen LogP contribution in [0, 0.1) is 13.8 Å². The molecule has 11 heteroatoms. The monoisotopic (exact) mass is 509 g/mol. The number of hydrogen-bond donors (Lipinski definition) is 4. The number of aliphatic hydroxyl groups is 2. The second kappa shape index (κ2) is 14.4. The minimum Gasteiger partial charge on any atom is -0.466 e. The van der Waals surface area contributed by atoms with E-state index in [1.807, 2.05) is 13.0 Å². The Kier molecular flexibility index (Phi) is 12.3. The second-order valence-corrected chi connectivity index (χ2v) is 9.25. The van der Waals surface area contributed by atoms with Gasteiger partial charge < -0.3 is 35.2 Å². The standard InChI is InChI=1S/C25H39N3O8/c1-7-35-20(31)10-11-26-22(32)21(18-9-8-16(2)14-17(18)3)28(12-13-29)23(33)19(15-30)27-24(34)36-25(4,5)6/h8-9,14,19,21,29-30H,7,10-13,15H2,1-6H3,(H,26,32)(H,27,34). The third-order valence-corrected chi connectivity index (χ3v) is 5.01. The van der Waals surface area contributed by atoms with Crippen LogP contribution in [0.1, 0.15) is 56.8 Å². The van der Waals surface area contributed by atoms with Gasteiger partial charge in [0, 0.05) is 13.1 Å². The molecule has 2 unspecified atom stereocenters. The van der Waals surface area contributed by atoms with Crippen molar-refractivity contribution in [3.05, 3.63) is 34.9 Å². The lowest BCUT2D eigenvalue weighted by Crippen LogP contribution is -2.55. The van der Waals surface area contributed by atoms with E-state index in [4.69, 9.17) is 9.47 Å². The van der Waals surface area contributed by atoms with E-state index < -0.39 is 54.8 Å². The molecule has 11 nitrogen and oxygen atoms in total. The molecular weight excluding hydrogens is 470 g/mol. The van der Waals surface area contributed by atoms with E-state index in [1.54, 1.807) is 46.8 Å². The lowest BCUT2D eigenvalue weighted by molar-refractivity contribution is -0.145. The molecule has 0 aliphatic heterocycles. The minimum atomic E-state index is -1.42. The fourth-order valence-corrected chi connectivity index (χ4v) is 3.51. The zero-order valence-corrected chi connectivity index (χ0v) is 21.9. The predicted molar refractivity (Wildman–Crippen MR) is 132 cm³/mol. The molecule has 36 heavy (non-hydrogen) atoms. The summed E-state index contributed by atoms with van der Waals surface area (Å²) < 4.78 is 10.1. The van der Waals surface area contributed by atoms with E-state index in [-0.39, 0.29) is 26.1 Å². The van der Waals surface area contributed by atoms with Crippen LogP contribution in [0.2, 0.25) is 0 Å². The molecule has 0 aliphatic rings. The first kappa shape index (κ1) is 30.9. The van der Waals surface area contributed by atoms with Gasteiger partial charge in [-0.3, -0.25) is 14.4 Å². The summed E-state index contributed by atoms with van der Waals surface area (Å²) in [4.78, 5) is 51.8. The van der Waals surface area contributed by atoms with Crippen molar-refractivity contribution < 1.29 is 38.9 Å². The number of esters is 1. The van der Waals surface area contributed by atoms with Crippen molar-refractivity contribution in [3.63, 3.8) is 0 Å². The van der Waals surface area contributed by atoms with Crippen LogP contribution in [0.3, 0.4) is 0 Å². The van der Waals surface area contributed by atoms with Gasteiger partial charge in [-0.25, -0.2) is 4.79 Å². The molecule has 2 atom stereocenters. The highest BCUT2D eigenvalue weighted by atomic mass is 16.6. The number of carbonyl (C=O) groups excluding carboxylic acids is 4. The highest BCUT2D eigenvalue weighted by Crippen LogP contribution is 2.26. The minimum absolute atomic E-state index is 0.0280. The molecule has 4 N–H and O–H groups in total. The number of benzene rings is 1. The van der Waals surface area contributed by atoms with Gasteiger partial charge in [-0.15, -0.1) is 0 Å². The fourth-order valence-electron chi connectivity index (χ4n) is 3.51. The molecule has 0 saturated carbocycles. The predicted octanol–water partition coefficient (Wildman–Crippen LogP) is 1.12. The van der Waals surface area contributed by atoms with Crippen molar-refractivity contribution in [2.24, 2.45) is 0 Å². The molecule has 0 heterocycles. The summed E-state index contributed by atoms with van der Waals surface area (Å²) in [6, 6.07) is 2.70. The topological polar surface area (TPSA) is 154 Å². The molecule has 0 fully saturated rings. The largest absolute Gasteiger partial charge is 0.466 e. The summed E-state index contributed by atoms with van der Waals surface area (Å²) in [5, 5.41) is 24.5. The molecule has 1 rings (SSSR count). The Labute approximate surface area is 212 Å². The van der Waals surface area contributed by atoms with Crippen LogP contribution in [0.15, 0.2) is 18.2 Å². The summed E-state index contributed by atoms with van der Waals surface area (Å²) >= 11 is 0. The molecule has 0 radical (unpaired) electrons. The maximum absolute atomic E-state index is 13.5. The molecule has 0 aliphatic carbocycles. The van der Waals surface area contributed by atoms with Crippen LogP contribution in [0.4, 0.5) is 4.79 Å². The number of aliphatic hydroxyl groups excluding tert-OH is 2. The van der Waals surface area contributed by atoms with Crippen LogP contribution in [-0.4, -0.2) is 83.5 Å². The van der Waals surface area contributed by atoms with Gasteiger partial charge in [0.1, 0.15) is 17.7 Å². The number of nitrogens with one attached hydrogen (secondary N) is 2. The first-order valence-electron chi connectivity index (χ1n) is 11.9. The van der Waals surface area contributed by atoms with Crippen molar-refractivity contribution in [3.8, 4) is 0 Å². The number of amides is 3. The van der Waals surface area contributed by atoms with E-state index in [0.717, 1.165) is 16.0 Å². The second-order valence-electron chi connectivity index (χ2n) is 9.25. The van der Waals surface area contributed by atoms with E-state index in [1.165, 1.54) is 0 Å². The third kappa shape index (κ3) is 9.82. The summed E-state index contributed by atoms with van der Waals surface area (Å²) in [6.45, 7) is 8.98. The molecule has 0 bridgehead atoms. The molecule has 0 saturated heterocycles. The number of carbonyl (C=O) groups is 4. The van der Waals surface area contributed by atoms with Gasteiger partial charge in [0.05, 0.1) is 26.2 Å². The number of aryl methyl sites for hydroxylation is 2. The number of rotatable bonds is 12. The lowest BCUT2D eigenvalue weighted by Gasteiger charge is -2.34. The average molecular weight is 510 g/mol. The smallest absolute Gasteiger partial charge is 0.408 e. The van der Waals surface area contributed by atoms with Gasteiger partial charge in [0.25, 0.3) is 0 Å². The van der Waals surface area contributed by atoms with Gasteiger partial charge in [-0.05, 0) is 52.7 Å². The first-order valence-corrected chi connectivity index (χ1v) is 11.9. The summed E-state index contributed by atoms with van der Waals surface area (Å²) in [6.07, 6.45) is -0.979. The highest BCUT2D eigenvalue weighted by molar-refractivity contribution is 5.92. The quantitative estimate of drug-likeness (QED) is 0.306. The maximum atomic E-state index is 13.5. The number of hydrogen-bond acceptors (Lipinski definition) is 8. The van der Waals surface area contributed by atoms with Crippen molar-refractivity contribution in [2.45, 2.75) is 65.6 Å². The Morgan fingerprint density at radius 2 is 1.78 bits per heavy atom. The van der Waals surface area contributed by atoms with Crippen molar-refractivity contribution >= 4 is 23.9 Å². The van der Waals surface area contributed by atoms with Gasteiger partial charge >= 0.3 is 12.1 Å². The number of alkyl carbamates (subject to hydrolysis) is 1. The third-order valence-electron chi connectivity index (χ3n) is 5.01. The number of nitrogens with zero attached hydrogens (tertiary/aromatic N) is 1. The molecule has 1 aromatic rings. The normalized spacial score (nSPS) is 12.8. The SMILES string of the molecule is CCOC(=O)CCNC(=O)C(c1ccc(C)cc1C)N(CCO)C(=O)C(CO)NC(=O)OC(C)(C)C. The molecule has 0 spiro atoms. The van der Waals surface area contributed by atoms with Crippen molar-refractivity contribution in [1.82, 2.24) is 15.5 Å². The molecule has 202 valence electrons.